The molecular formula is C20H21NO2S2. The Morgan fingerprint density at radius 3 is 2.56 bits per heavy atom. The van der Waals surface area contributed by atoms with E-state index in [4.69, 9.17) is 0 Å². The van der Waals surface area contributed by atoms with Gasteiger partial charge in [0.2, 0.25) is 0 Å². The van der Waals surface area contributed by atoms with E-state index < -0.39 is 10.0 Å². The first-order valence-electron chi connectivity index (χ1n) is 8.06. The summed E-state index contributed by atoms with van der Waals surface area (Å²) in [6.07, 6.45) is 5.52. The first-order valence-corrected chi connectivity index (χ1v) is 10.4. The maximum atomic E-state index is 12.9. The van der Waals surface area contributed by atoms with Crippen molar-refractivity contribution in [1.82, 2.24) is 4.31 Å². The monoisotopic (exact) mass is 371 g/mol. The Morgan fingerprint density at radius 1 is 1.20 bits per heavy atom. The summed E-state index contributed by atoms with van der Waals surface area (Å²) >= 11 is 1.63. The lowest BCUT2D eigenvalue weighted by Gasteiger charge is -2.33. The Bertz CT molecular complexity index is 944. The molecule has 1 aromatic heterocycles. The molecule has 2 heterocycles. The molecule has 0 radical (unpaired) electrons. The zero-order valence-corrected chi connectivity index (χ0v) is 16.2. The van der Waals surface area contributed by atoms with Crippen molar-refractivity contribution in [2.45, 2.75) is 25.7 Å². The molecule has 0 aliphatic carbocycles. The van der Waals surface area contributed by atoms with E-state index in [9.17, 15) is 8.42 Å². The van der Waals surface area contributed by atoms with E-state index in [0.717, 1.165) is 16.0 Å². The topological polar surface area (TPSA) is 37.4 Å². The molecule has 5 heteroatoms. The van der Waals surface area contributed by atoms with Gasteiger partial charge in [0.25, 0.3) is 10.0 Å². The second kappa shape index (κ2) is 6.68. The highest BCUT2D eigenvalue weighted by Crippen LogP contribution is 2.34. The van der Waals surface area contributed by atoms with E-state index in [1.165, 1.54) is 4.31 Å². The normalized spacial score (nSPS) is 16.6. The Kier molecular flexibility index (Phi) is 4.74. The number of hydrogen-bond donors (Lipinski definition) is 0. The van der Waals surface area contributed by atoms with E-state index in [2.05, 4.69) is 19.6 Å². The molecule has 2 aromatic rings. The van der Waals surface area contributed by atoms with Gasteiger partial charge in [0, 0.05) is 22.1 Å². The average Bonchev–Trinajstić information content (AvgIpc) is 3.07. The lowest BCUT2D eigenvalue weighted by atomic mass is 9.83. The maximum absolute atomic E-state index is 12.9. The molecule has 0 bridgehead atoms. The van der Waals surface area contributed by atoms with Crippen LogP contribution in [0.25, 0.3) is 6.08 Å². The Hall–Kier alpha value is -2.07. The highest BCUT2D eigenvalue weighted by molar-refractivity contribution is 7.89. The van der Waals surface area contributed by atoms with E-state index in [-0.39, 0.29) is 5.41 Å². The molecule has 0 atom stereocenters. The van der Waals surface area contributed by atoms with E-state index in [1.807, 2.05) is 48.7 Å². The quantitative estimate of drug-likeness (QED) is 0.724. The third-order valence-corrected chi connectivity index (χ3v) is 6.86. The number of sulfonamides is 1. The number of aryl methyl sites for hydroxylation is 1. The second-order valence-electron chi connectivity index (χ2n) is 6.68. The van der Waals surface area contributed by atoms with Crippen LogP contribution in [0.3, 0.4) is 0 Å². The van der Waals surface area contributed by atoms with Gasteiger partial charge in [-0.3, -0.25) is 4.31 Å². The van der Waals surface area contributed by atoms with E-state index >= 15 is 0 Å². The summed E-state index contributed by atoms with van der Waals surface area (Å²) in [5.41, 5.74) is 5.07. The summed E-state index contributed by atoms with van der Waals surface area (Å²) in [7, 11) is -3.56. The minimum absolute atomic E-state index is 0.229. The fourth-order valence-electron chi connectivity index (χ4n) is 2.56. The van der Waals surface area contributed by atoms with Crippen molar-refractivity contribution in [3.8, 4) is 0 Å². The van der Waals surface area contributed by atoms with Gasteiger partial charge < -0.3 is 0 Å². The Labute approximate surface area is 153 Å². The molecule has 0 N–H and O–H groups in total. The van der Waals surface area contributed by atoms with Gasteiger partial charge in [-0.15, -0.1) is 17.1 Å². The van der Waals surface area contributed by atoms with Gasteiger partial charge >= 0.3 is 0 Å². The SMILES string of the molecule is Cc1ccc(S(=O)(=O)N2C=CC(C)(C)C(=C=Cc3cccs3)C2)cc1. The summed E-state index contributed by atoms with van der Waals surface area (Å²) in [6.45, 7) is 6.39. The van der Waals surface area contributed by atoms with Crippen LogP contribution < -0.4 is 0 Å². The molecule has 3 rings (SSSR count). The van der Waals surface area contributed by atoms with Gasteiger partial charge in [-0.1, -0.05) is 43.7 Å². The molecule has 130 valence electrons. The summed E-state index contributed by atoms with van der Waals surface area (Å²) in [5.74, 6) is 0. The van der Waals surface area contributed by atoms with Crippen molar-refractivity contribution >= 4 is 27.4 Å². The van der Waals surface area contributed by atoms with Gasteiger partial charge in [-0.2, -0.15) is 0 Å². The van der Waals surface area contributed by atoms with Crippen LogP contribution in [0.5, 0.6) is 0 Å². The van der Waals surface area contributed by atoms with E-state index in [0.29, 0.717) is 11.4 Å². The molecule has 1 aliphatic rings. The fraction of sp³-hybridized carbons (Fsp3) is 0.250. The van der Waals surface area contributed by atoms with Crippen LogP contribution in [-0.2, 0) is 10.0 Å². The first-order chi connectivity index (χ1) is 11.8. The molecule has 0 fully saturated rings. The number of nitrogens with zero attached hydrogens (tertiary/aromatic N) is 1. The summed E-state index contributed by atoms with van der Waals surface area (Å²) in [5, 5.41) is 2.01. The second-order valence-corrected chi connectivity index (χ2v) is 9.55. The van der Waals surface area contributed by atoms with Crippen molar-refractivity contribution < 1.29 is 8.42 Å². The maximum Gasteiger partial charge on any atom is 0.264 e. The lowest BCUT2D eigenvalue weighted by molar-refractivity contribution is 0.446. The van der Waals surface area contributed by atoms with Crippen molar-refractivity contribution in [3.63, 3.8) is 0 Å². The highest BCUT2D eigenvalue weighted by atomic mass is 32.2. The Morgan fingerprint density at radius 2 is 1.92 bits per heavy atom. The standard InChI is InChI=1S/C20H21NO2S2/c1-16-6-10-19(11-7-16)25(22,23)21-13-12-20(2,3)17(15-21)8-9-18-5-4-14-24-18/h4-7,9-14H,15H2,1-3H3. The summed E-state index contributed by atoms with van der Waals surface area (Å²) in [6, 6.07) is 11.0. The number of hydrogen-bond acceptors (Lipinski definition) is 3. The van der Waals surface area contributed by atoms with Crippen LogP contribution in [0.4, 0.5) is 0 Å². The van der Waals surface area contributed by atoms with Gasteiger partial charge in [0.15, 0.2) is 0 Å². The van der Waals surface area contributed by atoms with Gasteiger partial charge in [-0.25, -0.2) is 8.42 Å². The molecule has 0 saturated carbocycles. The minimum Gasteiger partial charge on any atom is -0.269 e. The van der Waals surface area contributed by atoms with Crippen LogP contribution >= 0.6 is 11.3 Å². The summed E-state index contributed by atoms with van der Waals surface area (Å²) < 4.78 is 27.2. The highest BCUT2D eigenvalue weighted by Gasteiger charge is 2.31. The van der Waals surface area contributed by atoms with Crippen LogP contribution in [0, 0.1) is 12.3 Å². The van der Waals surface area contributed by atoms with Crippen molar-refractivity contribution in [2.75, 3.05) is 6.54 Å². The average molecular weight is 372 g/mol. The minimum atomic E-state index is -3.56. The van der Waals surface area contributed by atoms with Crippen molar-refractivity contribution in [2.24, 2.45) is 5.41 Å². The smallest absolute Gasteiger partial charge is 0.264 e. The molecular weight excluding hydrogens is 350 g/mol. The van der Waals surface area contributed by atoms with Crippen LogP contribution in [-0.4, -0.2) is 19.3 Å². The molecule has 1 aliphatic heterocycles. The van der Waals surface area contributed by atoms with Crippen LogP contribution in [0.15, 0.2) is 70.3 Å². The van der Waals surface area contributed by atoms with Crippen molar-refractivity contribution in [1.29, 1.82) is 0 Å². The third kappa shape index (κ3) is 3.79. The van der Waals surface area contributed by atoms with Crippen LogP contribution in [0.1, 0.15) is 24.3 Å². The zero-order valence-electron chi connectivity index (χ0n) is 14.6. The first kappa shape index (κ1) is 17.7. The molecule has 0 amide bonds. The molecule has 3 nitrogen and oxygen atoms in total. The fourth-order valence-corrected chi connectivity index (χ4v) is 4.43. The van der Waals surface area contributed by atoms with Gasteiger partial charge in [0.05, 0.1) is 11.4 Å². The predicted octanol–water partition coefficient (Wildman–Crippen LogP) is 4.84. The molecule has 25 heavy (non-hydrogen) atoms. The van der Waals surface area contributed by atoms with E-state index in [1.54, 1.807) is 29.7 Å². The Balaban J connectivity index is 1.97. The largest absolute Gasteiger partial charge is 0.269 e. The number of rotatable bonds is 3. The molecule has 1 aromatic carbocycles. The number of benzene rings is 1. The molecule has 0 saturated heterocycles. The zero-order chi connectivity index (χ0) is 18.1. The van der Waals surface area contributed by atoms with Gasteiger partial charge in [0.1, 0.15) is 0 Å². The molecule has 0 unspecified atom stereocenters. The van der Waals surface area contributed by atoms with Gasteiger partial charge in [-0.05, 0) is 36.6 Å². The third-order valence-electron chi connectivity index (χ3n) is 4.31. The predicted molar refractivity (Wildman–Crippen MR) is 104 cm³/mol. The lowest BCUT2D eigenvalue weighted by Crippen LogP contribution is -2.35. The van der Waals surface area contributed by atoms with Crippen LogP contribution in [0.2, 0.25) is 0 Å². The molecule has 0 spiro atoms. The number of thiophene rings is 1. The number of allylic oxidation sites excluding steroid dienone is 1. The van der Waals surface area contributed by atoms with Crippen molar-refractivity contribution in [3.05, 3.63) is 75.8 Å². The summed E-state index contributed by atoms with van der Waals surface area (Å²) in [4.78, 5) is 1.41.